The van der Waals surface area contributed by atoms with Crippen LogP contribution in [0.3, 0.4) is 0 Å². The van der Waals surface area contributed by atoms with E-state index in [1.807, 2.05) is 17.5 Å². The van der Waals surface area contributed by atoms with E-state index in [4.69, 9.17) is 9.84 Å². The summed E-state index contributed by atoms with van der Waals surface area (Å²) in [6.07, 6.45) is 0.852. The smallest absolute Gasteiger partial charge is 0.323 e. The molecule has 0 saturated heterocycles. The first-order valence-corrected chi connectivity index (χ1v) is 5.59. The first-order valence-electron chi connectivity index (χ1n) is 4.71. The molecule has 0 aliphatic carbocycles. The fraction of sp³-hybridized carbons (Fsp3) is 0.500. The summed E-state index contributed by atoms with van der Waals surface area (Å²) in [5.74, 6) is -0.872. The van der Waals surface area contributed by atoms with E-state index in [0.717, 1.165) is 6.42 Å². The van der Waals surface area contributed by atoms with Crippen molar-refractivity contribution in [3.05, 3.63) is 22.4 Å². The van der Waals surface area contributed by atoms with Crippen molar-refractivity contribution in [2.75, 3.05) is 20.3 Å². The maximum Gasteiger partial charge on any atom is 0.323 e. The van der Waals surface area contributed by atoms with Gasteiger partial charge in [-0.05, 0) is 17.9 Å². The number of carbonyl (C=O) groups is 1. The summed E-state index contributed by atoms with van der Waals surface area (Å²) in [7, 11) is 1.50. The van der Waals surface area contributed by atoms with E-state index in [1.165, 1.54) is 12.0 Å². The Labute approximate surface area is 92.9 Å². The number of methoxy groups -OCH3 is 1. The van der Waals surface area contributed by atoms with Crippen molar-refractivity contribution in [3.8, 4) is 0 Å². The van der Waals surface area contributed by atoms with Crippen molar-refractivity contribution in [2.24, 2.45) is 0 Å². The first kappa shape index (κ1) is 12.2. The van der Waals surface area contributed by atoms with E-state index in [1.54, 1.807) is 11.3 Å². The Kier molecular flexibility index (Phi) is 5.31. The molecule has 84 valence electrons. The number of rotatable bonds is 7. The number of aliphatic carboxylic acids is 1. The van der Waals surface area contributed by atoms with Crippen LogP contribution in [0.1, 0.15) is 4.88 Å². The molecule has 0 saturated carbocycles. The highest BCUT2D eigenvalue weighted by Gasteiger charge is 2.15. The first-order chi connectivity index (χ1) is 7.24. The van der Waals surface area contributed by atoms with Gasteiger partial charge < -0.3 is 15.2 Å². The molecule has 15 heavy (non-hydrogen) atoms. The largest absolute Gasteiger partial charge is 0.480 e. The topological polar surface area (TPSA) is 58.6 Å². The molecule has 1 aromatic heterocycles. The minimum atomic E-state index is -0.872. The molecule has 4 nitrogen and oxygen atoms in total. The Hall–Kier alpha value is -0.910. The second-order valence-electron chi connectivity index (χ2n) is 3.13. The Morgan fingerprint density at radius 3 is 3.07 bits per heavy atom. The molecule has 0 spiro atoms. The van der Waals surface area contributed by atoms with Gasteiger partial charge in [0, 0.05) is 18.5 Å². The summed E-state index contributed by atoms with van der Waals surface area (Å²) >= 11 is 1.68. The monoisotopic (exact) mass is 229 g/mol. The predicted octanol–water partition coefficient (Wildman–Crippen LogP) is 0.980. The third kappa shape index (κ3) is 4.42. The average Bonchev–Trinajstić information content (AvgIpc) is 2.69. The molecule has 0 aliphatic rings. The number of hydrogen-bond donors (Lipinski definition) is 2. The molecule has 1 atom stereocenters. The molecule has 0 aromatic carbocycles. The number of carboxylic acid groups (broad SMARTS) is 1. The molecule has 0 fully saturated rings. The fourth-order valence-electron chi connectivity index (χ4n) is 1.21. The second kappa shape index (κ2) is 6.55. The molecule has 0 bridgehead atoms. The van der Waals surface area contributed by atoms with Crippen LogP contribution in [0.15, 0.2) is 17.5 Å². The van der Waals surface area contributed by atoms with Gasteiger partial charge in [0.2, 0.25) is 0 Å². The van der Waals surface area contributed by atoms with Crippen LogP contribution in [0, 0.1) is 0 Å². The average molecular weight is 229 g/mol. The van der Waals surface area contributed by atoms with Crippen LogP contribution in [-0.2, 0) is 16.0 Å². The Balaban J connectivity index is 2.25. The Morgan fingerprint density at radius 2 is 2.53 bits per heavy atom. The lowest BCUT2D eigenvalue weighted by atomic mass is 10.3. The summed E-state index contributed by atoms with van der Waals surface area (Å²) in [5.41, 5.74) is 0. The van der Waals surface area contributed by atoms with Crippen molar-refractivity contribution in [1.82, 2.24) is 5.32 Å². The summed E-state index contributed by atoms with van der Waals surface area (Å²) in [4.78, 5) is 12.0. The zero-order valence-corrected chi connectivity index (χ0v) is 9.42. The van der Waals surface area contributed by atoms with Crippen molar-refractivity contribution < 1.29 is 14.6 Å². The maximum atomic E-state index is 10.7. The van der Waals surface area contributed by atoms with Crippen LogP contribution in [0.25, 0.3) is 0 Å². The summed E-state index contributed by atoms with van der Waals surface area (Å²) < 4.78 is 4.81. The number of hydrogen-bond acceptors (Lipinski definition) is 4. The van der Waals surface area contributed by atoms with Gasteiger partial charge in [-0.2, -0.15) is 0 Å². The van der Waals surface area contributed by atoms with E-state index in [9.17, 15) is 4.79 Å². The third-order valence-electron chi connectivity index (χ3n) is 1.97. The highest BCUT2D eigenvalue weighted by molar-refractivity contribution is 7.09. The third-order valence-corrected chi connectivity index (χ3v) is 2.91. The van der Waals surface area contributed by atoms with Crippen LogP contribution >= 0.6 is 11.3 Å². The van der Waals surface area contributed by atoms with Crippen LogP contribution in [0.5, 0.6) is 0 Å². The normalized spacial score (nSPS) is 12.6. The fourth-order valence-corrected chi connectivity index (χ4v) is 1.92. The van der Waals surface area contributed by atoms with Crippen LogP contribution in [0.4, 0.5) is 0 Å². The molecule has 0 radical (unpaired) electrons. The Morgan fingerprint density at radius 1 is 1.73 bits per heavy atom. The molecule has 1 rings (SSSR count). The zero-order chi connectivity index (χ0) is 11.1. The van der Waals surface area contributed by atoms with Crippen molar-refractivity contribution in [3.63, 3.8) is 0 Å². The lowest BCUT2D eigenvalue weighted by Gasteiger charge is -2.12. The SMILES string of the molecule is COCC(NCCc1cccs1)C(=O)O. The van der Waals surface area contributed by atoms with E-state index >= 15 is 0 Å². The molecule has 1 heterocycles. The van der Waals surface area contributed by atoms with Gasteiger partial charge in [0.15, 0.2) is 0 Å². The van der Waals surface area contributed by atoms with Gasteiger partial charge in [-0.25, -0.2) is 0 Å². The van der Waals surface area contributed by atoms with Crippen molar-refractivity contribution in [2.45, 2.75) is 12.5 Å². The van der Waals surface area contributed by atoms with E-state index in [0.29, 0.717) is 6.54 Å². The molecular weight excluding hydrogens is 214 g/mol. The van der Waals surface area contributed by atoms with Gasteiger partial charge in [-0.1, -0.05) is 6.07 Å². The number of nitrogens with one attached hydrogen (secondary N) is 1. The van der Waals surface area contributed by atoms with Crippen molar-refractivity contribution in [1.29, 1.82) is 0 Å². The zero-order valence-electron chi connectivity index (χ0n) is 8.60. The molecule has 0 aliphatic heterocycles. The van der Waals surface area contributed by atoms with Crippen LogP contribution in [0.2, 0.25) is 0 Å². The van der Waals surface area contributed by atoms with Crippen LogP contribution in [-0.4, -0.2) is 37.4 Å². The van der Waals surface area contributed by atoms with Crippen LogP contribution < -0.4 is 5.32 Å². The standard InChI is InChI=1S/C10H15NO3S/c1-14-7-9(10(12)13)11-5-4-8-3-2-6-15-8/h2-3,6,9,11H,4-5,7H2,1H3,(H,12,13). The second-order valence-corrected chi connectivity index (χ2v) is 4.16. The van der Waals surface area contributed by atoms with E-state index in [-0.39, 0.29) is 6.61 Å². The van der Waals surface area contributed by atoms with E-state index < -0.39 is 12.0 Å². The molecule has 1 unspecified atom stereocenters. The summed E-state index contributed by atoms with van der Waals surface area (Å²) in [5, 5.41) is 13.8. The Bertz CT molecular complexity index is 287. The van der Waals surface area contributed by atoms with Gasteiger partial charge in [-0.15, -0.1) is 11.3 Å². The van der Waals surface area contributed by atoms with E-state index in [2.05, 4.69) is 5.32 Å². The van der Waals surface area contributed by atoms with Gasteiger partial charge >= 0.3 is 5.97 Å². The number of carboxylic acids is 1. The summed E-state index contributed by atoms with van der Waals surface area (Å²) in [6, 6.07) is 3.41. The van der Waals surface area contributed by atoms with Crippen molar-refractivity contribution >= 4 is 17.3 Å². The van der Waals surface area contributed by atoms with Gasteiger partial charge in [0.1, 0.15) is 6.04 Å². The molecular formula is C10H15NO3S. The molecule has 5 heteroatoms. The highest BCUT2D eigenvalue weighted by atomic mass is 32.1. The minimum absolute atomic E-state index is 0.194. The molecule has 2 N–H and O–H groups in total. The highest BCUT2D eigenvalue weighted by Crippen LogP contribution is 2.08. The summed E-state index contributed by atoms with van der Waals surface area (Å²) in [6.45, 7) is 0.848. The van der Waals surface area contributed by atoms with Gasteiger partial charge in [0.25, 0.3) is 0 Å². The quantitative estimate of drug-likeness (QED) is 0.731. The number of thiophene rings is 1. The molecule has 1 aromatic rings. The van der Waals surface area contributed by atoms with Gasteiger partial charge in [-0.3, -0.25) is 4.79 Å². The maximum absolute atomic E-state index is 10.7. The number of ether oxygens (including phenoxy) is 1. The minimum Gasteiger partial charge on any atom is -0.480 e. The lowest BCUT2D eigenvalue weighted by Crippen LogP contribution is -2.41. The van der Waals surface area contributed by atoms with Gasteiger partial charge in [0.05, 0.1) is 6.61 Å². The lowest BCUT2D eigenvalue weighted by molar-refractivity contribution is -0.140. The predicted molar refractivity (Wildman–Crippen MR) is 59.3 cm³/mol. The molecule has 0 amide bonds.